The van der Waals surface area contributed by atoms with Crippen LogP contribution >= 0.6 is 0 Å². The molecule has 5 heteroatoms. The zero-order valence-electron chi connectivity index (χ0n) is 10.7. The lowest BCUT2D eigenvalue weighted by Gasteiger charge is -2.31. The van der Waals surface area contributed by atoms with Gasteiger partial charge in [0.15, 0.2) is 0 Å². The van der Waals surface area contributed by atoms with Crippen molar-refractivity contribution in [2.75, 3.05) is 32.0 Å². The monoisotopic (exact) mass is 262 g/mol. The summed E-state index contributed by atoms with van der Waals surface area (Å²) in [5, 5.41) is 9.03. The average Bonchev–Trinajstić information content (AvgIpc) is 2.46. The fourth-order valence-electron chi connectivity index (χ4n) is 1.91. The first-order valence-corrected chi connectivity index (χ1v) is 6.24. The molecule has 3 N–H and O–H groups in total. The third kappa shape index (κ3) is 3.81. The molecule has 5 nitrogen and oxygen atoms in total. The van der Waals surface area contributed by atoms with Gasteiger partial charge in [-0.15, -0.1) is 0 Å². The molecule has 1 aromatic carbocycles. The van der Waals surface area contributed by atoms with E-state index in [-0.39, 0.29) is 18.6 Å². The smallest absolute Gasteiger partial charge is 0.246 e. The third-order valence-electron chi connectivity index (χ3n) is 3.01. The van der Waals surface area contributed by atoms with E-state index in [0.29, 0.717) is 25.4 Å². The standard InChI is InChI=1S/C14H18N2O3/c15-12-4-1-11(2-5-12)3-6-14(18)16-7-8-19-13(9-16)10-17/h1-6,13,17H,7-10,15H2/b6-3+. The number of anilines is 1. The fourth-order valence-corrected chi connectivity index (χ4v) is 1.91. The topological polar surface area (TPSA) is 75.8 Å². The molecule has 1 heterocycles. The van der Waals surface area contributed by atoms with Crippen LogP contribution < -0.4 is 5.73 Å². The van der Waals surface area contributed by atoms with E-state index in [1.165, 1.54) is 6.08 Å². The molecule has 1 unspecified atom stereocenters. The van der Waals surface area contributed by atoms with Crippen LogP contribution in [0.1, 0.15) is 5.56 Å². The van der Waals surface area contributed by atoms with Crippen LogP contribution in [0.4, 0.5) is 5.69 Å². The molecule has 2 rings (SSSR count). The van der Waals surface area contributed by atoms with Crippen LogP contribution in [0.3, 0.4) is 0 Å². The van der Waals surface area contributed by atoms with Crippen LogP contribution in [0, 0.1) is 0 Å². The van der Waals surface area contributed by atoms with Gasteiger partial charge in [0.1, 0.15) is 0 Å². The van der Waals surface area contributed by atoms with E-state index in [4.69, 9.17) is 15.6 Å². The van der Waals surface area contributed by atoms with Crippen molar-refractivity contribution in [3.8, 4) is 0 Å². The van der Waals surface area contributed by atoms with Crippen molar-refractivity contribution >= 4 is 17.7 Å². The Morgan fingerprint density at radius 3 is 2.89 bits per heavy atom. The van der Waals surface area contributed by atoms with E-state index in [2.05, 4.69) is 0 Å². The van der Waals surface area contributed by atoms with Crippen LogP contribution in [0.15, 0.2) is 30.3 Å². The van der Waals surface area contributed by atoms with E-state index >= 15 is 0 Å². The van der Waals surface area contributed by atoms with Gasteiger partial charge in [0.05, 0.1) is 19.3 Å². The highest BCUT2D eigenvalue weighted by Gasteiger charge is 2.21. The number of aliphatic hydroxyl groups excluding tert-OH is 1. The summed E-state index contributed by atoms with van der Waals surface area (Å²) in [4.78, 5) is 13.7. The molecule has 1 atom stereocenters. The minimum atomic E-state index is -0.275. The first-order valence-electron chi connectivity index (χ1n) is 6.24. The predicted molar refractivity (Wildman–Crippen MR) is 73.3 cm³/mol. The second kappa shape index (κ2) is 6.36. The Labute approximate surface area is 112 Å². The van der Waals surface area contributed by atoms with Gasteiger partial charge in [0, 0.05) is 24.9 Å². The minimum Gasteiger partial charge on any atom is -0.399 e. The van der Waals surface area contributed by atoms with Crippen LogP contribution in [-0.2, 0) is 9.53 Å². The van der Waals surface area contributed by atoms with Crippen LogP contribution in [0.5, 0.6) is 0 Å². The van der Waals surface area contributed by atoms with E-state index in [9.17, 15) is 4.79 Å². The average molecular weight is 262 g/mol. The van der Waals surface area contributed by atoms with Crippen LogP contribution in [0.25, 0.3) is 6.08 Å². The molecule has 0 radical (unpaired) electrons. The Hall–Kier alpha value is -1.85. The first-order chi connectivity index (χ1) is 9.19. The van der Waals surface area contributed by atoms with Gasteiger partial charge in [0.25, 0.3) is 0 Å². The molecule has 0 saturated carbocycles. The molecule has 1 aromatic rings. The summed E-state index contributed by atoms with van der Waals surface area (Å²) in [7, 11) is 0. The molecular formula is C14H18N2O3. The number of hydrogen-bond acceptors (Lipinski definition) is 4. The molecule has 0 bridgehead atoms. The van der Waals surface area contributed by atoms with Crippen molar-refractivity contribution in [1.29, 1.82) is 0 Å². The molecule has 19 heavy (non-hydrogen) atoms. The first kappa shape index (κ1) is 13.6. The zero-order chi connectivity index (χ0) is 13.7. The zero-order valence-corrected chi connectivity index (χ0v) is 10.7. The maximum Gasteiger partial charge on any atom is 0.246 e. The fraction of sp³-hybridized carbons (Fsp3) is 0.357. The van der Waals surface area contributed by atoms with Gasteiger partial charge in [-0.3, -0.25) is 4.79 Å². The number of rotatable bonds is 3. The summed E-state index contributed by atoms with van der Waals surface area (Å²) in [5.41, 5.74) is 7.22. The highest BCUT2D eigenvalue weighted by Crippen LogP contribution is 2.09. The quantitative estimate of drug-likeness (QED) is 0.614. The van der Waals surface area contributed by atoms with Crippen molar-refractivity contribution in [3.05, 3.63) is 35.9 Å². The lowest BCUT2D eigenvalue weighted by atomic mass is 10.2. The molecule has 102 valence electrons. The Morgan fingerprint density at radius 2 is 2.21 bits per heavy atom. The largest absolute Gasteiger partial charge is 0.399 e. The van der Waals surface area contributed by atoms with Gasteiger partial charge in [-0.05, 0) is 23.8 Å². The van der Waals surface area contributed by atoms with Gasteiger partial charge in [-0.2, -0.15) is 0 Å². The second-order valence-corrected chi connectivity index (χ2v) is 4.46. The SMILES string of the molecule is Nc1ccc(/C=C/C(=O)N2CCOC(CO)C2)cc1. The molecule has 1 amide bonds. The highest BCUT2D eigenvalue weighted by atomic mass is 16.5. The van der Waals surface area contributed by atoms with E-state index in [1.807, 2.05) is 12.1 Å². The number of benzene rings is 1. The number of carbonyl (C=O) groups excluding carboxylic acids is 1. The summed E-state index contributed by atoms with van der Waals surface area (Å²) in [5.74, 6) is -0.0708. The van der Waals surface area contributed by atoms with Gasteiger partial charge < -0.3 is 20.5 Å². The third-order valence-corrected chi connectivity index (χ3v) is 3.01. The Kier molecular flexibility index (Phi) is 4.54. The van der Waals surface area contributed by atoms with Crippen molar-refractivity contribution in [1.82, 2.24) is 4.90 Å². The number of amides is 1. The summed E-state index contributed by atoms with van der Waals surface area (Å²) < 4.78 is 5.30. The van der Waals surface area contributed by atoms with Crippen LogP contribution in [-0.4, -0.2) is 48.3 Å². The predicted octanol–water partition coefficient (Wildman–Crippen LogP) is 0.502. The minimum absolute atomic E-state index is 0.0640. The Balaban J connectivity index is 1.94. The molecule has 0 aromatic heterocycles. The van der Waals surface area contributed by atoms with Crippen molar-refractivity contribution in [2.24, 2.45) is 0 Å². The number of carbonyl (C=O) groups is 1. The summed E-state index contributed by atoms with van der Waals surface area (Å²) in [6.07, 6.45) is 3.01. The summed E-state index contributed by atoms with van der Waals surface area (Å²) in [6, 6.07) is 7.30. The maximum atomic E-state index is 12.0. The Bertz CT molecular complexity index is 456. The van der Waals surface area contributed by atoms with Crippen molar-refractivity contribution in [2.45, 2.75) is 6.10 Å². The molecular weight excluding hydrogens is 244 g/mol. The number of nitrogens with two attached hydrogens (primary N) is 1. The molecule has 1 aliphatic heterocycles. The number of nitrogens with zero attached hydrogens (tertiary/aromatic N) is 1. The van der Waals surface area contributed by atoms with Crippen molar-refractivity contribution in [3.63, 3.8) is 0 Å². The van der Waals surface area contributed by atoms with Gasteiger partial charge >= 0.3 is 0 Å². The number of nitrogen functional groups attached to an aromatic ring is 1. The molecule has 1 saturated heterocycles. The lowest BCUT2D eigenvalue weighted by Crippen LogP contribution is -2.46. The lowest BCUT2D eigenvalue weighted by molar-refractivity contribution is -0.134. The van der Waals surface area contributed by atoms with Crippen molar-refractivity contribution < 1.29 is 14.6 Å². The molecule has 0 spiro atoms. The molecule has 0 aliphatic carbocycles. The molecule has 1 aliphatic rings. The number of aliphatic hydroxyl groups is 1. The number of ether oxygens (including phenoxy) is 1. The number of morpholine rings is 1. The summed E-state index contributed by atoms with van der Waals surface area (Å²) in [6.45, 7) is 1.39. The van der Waals surface area contributed by atoms with Gasteiger partial charge in [-0.1, -0.05) is 12.1 Å². The highest BCUT2D eigenvalue weighted by molar-refractivity contribution is 5.91. The normalized spacial score (nSPS) is 19.8. The van der Waals surface area contributed by atoms with Crippen LogP contribution in [0.2, 0.25) is 0 Å². The molecule has 1 fully saturated rings. The van der Waals surface area contributed by atoms with E-state index < -0.39 is 0 Å². The summed E-state index contributed by atoms with van der Waals surface area (Å²) >= 11 is 0. The van der Waals surface area contributed by atoms with Gasteiger partial charge in [-0.25, -0.2) is 0 Å². The maximum absolute atomic E-state index is 12.0. The Morgan fingerprint density at radius 1 is 1.47 bits per heavy atom. The second-order valence-electron chi connectivity index (χ2n) is 4.46. The van der Waals surface area contributed by atoms with E-state index in [1.54, 1.807) is 23.1 Å². The van der Waals surface area contributed by atoms with E-state index in [0.717, 1.165) is 5.56 Å². The number of hydrogen-bond donors (Lipinski definition) is 2. The van der Waals surface area contributed by atoms with Gasteiger partial charge in [0.2, 0.25) is 5.91 Å².